The molecule has 0 saturated carbocycles. The zero-order chi connectivity index (χ0) is 39.7. The van der Waals surface area contributed by atoms with Crippen LogP contribution in [0.15, 0.2) is 20.0 Å². The molecule has 0 aliphatic heterocycles. The van der Waals surface area contributed by atoms with Crippen LogP contribution in [0.1, 0.15) is 120 Å². The van der Waals surface area contributed by atoms with Crippen molar-refractivity contribution in [1.29, 1.82) is 0 Å². The van der Waals surface area contributed by atoms with Crippen molar-refractivity contribution in [3.05, 3.63) is 0 Å². The van der Waals surface area contributed by atoms with E-state index >= 15 is 0 Å². The molecule has 0 saturated heterocycles. The fourth-order valence-electron chi connectivity index (χ4n) is 3.33. The van der Waals surface area contributed by atoms with Crippen molar-refractivity contribution in [2.75, 3.05) is 26.2 Å². The van der Waals surface area contributed by atoms with E-state index in [-0.39, 0.29) is 59.1 Å². The maximum Gasteiger partial charge on any atom is 0.185 e. The summed E-state index contributed by atoms with van der Waals surface area (Å²) in [4.78, 5) is 59.6. The molecule has 16 N–H and O–H groups in total. The van der Waals surface area contributed by atoms with E-state index in [0.29, 0.717) is 63.4 Å². The zero-order valence-electron chi connectivity index (χ0n) is 32.2. The topological polar surface area (TPSA) is 326 Å². The van der Waals surface area contributed by atoms with Gasteiger partial charge in [0.05, 0.1) is 0 Å². The molecule has 50 heavy (non-hydrogen) atoms. The second-order valence-corrected chi connectivity index (χ2v) is 12.8. The average molecular weight is 713 g/mol. The standard InChI is InChI=1S/C10H21N3O.C9H19N3O.C8H17N3O.C7H15N3O/c1-8(2)9(14)6-4-3-5-7-13-10(11)12;1-7(2)8(13)5-3-4-6-12-9(10)11;1-6(2)7(12)4-3-5-11-8(9)10;1-5(2)6(11)3-4-10-7(8)9/h8H,3-7H2,1-2H3,(H4,11,12,13);7H,3-6H2,1-2H3,(H4,10,11,12);6H,3-5H2,1-2H3,(H4,9,10,11);5H,3-4H2,1-2H3,(H4,8,9,10). The Balaban J connectivity index is -0.000000283. The van der Waals surface area contributed by atoms with Crippen molar-refractivity contribution in [2.24, 2.45) is 89.5 Å². The van der Waals surface area contributed by atoms with Crippen LogP contribution in [0.5, 0.6) is 0 Å². The van der Waals surface area contributed by atoms with Gasteiger partial charge in [-0.3, -0.25) is 39.1 Å². The zero-order valence-corrected chi connectivity index (χ0v) is 32.2. The number of nitrogens with two attached hydrogens (primary N) is 8. The predicted octanol–water partition coefficient (Wildman–Crippen LogP) is 1.84. The highest BCUT2D eigenvalue weighted by Gasteiger charge is 2.07. The number of Topliss-reactive ketones (excluding diaryl/α,β-unsaturated/α-hetero) is 4. The number of unbranched alkanes of at least 4 members (excludes halogenated alkanes) is 3. The van der Waals surface area contributed by atoms with Crippen LogP contribution < -0.4 is 45.9 Å². The van der Waals surface area contributed by atoms with Crippen molar-refractivity contribution < 1.29 is 19.2 Å². The summed E-state index contributed by atoms with van der Waals surface area (Å²) < 4.78 is 0. The monoisotopic (exact) mass is 713 g/mol. The highest BCUT2D eigenvalue weighted by Crippen LogP contribution is 2.06. The summed E-state index contributed by atoms with van der Waals surface area (Å²) in [5.74, 6) is 1.99. The number of rotatable bonds is 22. The molecule has 0 bridgehead atoms. The summed E-state index contributed by atoms with van der Waals surface area (Å²) in [7, 11) is 0. The lowest BCUT2D eigenvalue weighted by Crippen LogP contribution is -2.23. The van der Waals surface area contributed by atoms with Crippen LogP contribution >= 0.6 is 0 Å². The molecule has 0 amide bonds. The van der Waals surface area contributed by atoms with Gasteiger partial charge >= 0.3 is 0 Å². The molecule has 0 atom stereocenters. The Morgan fingerprint density at radius 1 is 0.340 bits per heavy atom. The van der Waals surface area contributed by atoms with Crippen LogP contribution in [0.25, 0.3) is 0 Å². The number of guanidine groups is 4. The first-order valence-electron chi connectivity index (χ1n) is 17.5. The summed E-state index contributed by atoms with van der Waals surface area (Å²) in [6, 6.07) is 0. The number of hydrogen-bond acceptors (Lipinski definition) is 8. The van der Waals surface area contributed by atoms with E-state index < -0.39 is 0 Å². The van der Waals surface area contributed by atoms with Gasteiger partial charge in [-0.05, 0) is 32.1 Å². The van der Waals surface area contributed by atoms with E-state index in [1.165, 1.54) is 0 Å². The van der Waals surface area contributed by atoms with Crippen molar-refractivity contribution in [3.8, 4) is 0 Å². The van der Waals surface area contributed by atoms with Gasteiger partial charge in [0.15, 0.2) is 23.8 Å². The molecule has 16 heteroatoms. The molecule has 292 valence electrons. The largest absolute Gasteiger partial charge is 0.370 e. The first kappa shape index (κ1) is 52.6. The second kappa shape index (κ2) is 34.6. The molecule has 0 aliphatic carbocycles. The van der Waals surface area contributed by atoms with Gasteiger partial charge in [-0.2, -0.15) is 0 Å². The van der Waals surface area contributed by atoms with Crippen molar-refractivity contribution in [3.63, 3.8) is 0 Å². The van der Waals surface area contributed by atoms with E-state index in [9.17, 15) is 19.2 Å². The Morgan fingerprint density at radius 2 is 0.580 bits per heavy atom. The van der Waals surface area contributed by atoms with Gasteiger partial charge in [-0.15, -0.1) is 0 Å². The Kier molecular flexibility index (Phi) is 36.4. The maximum absolute atomic E-state index is 11.2. The molecule has 0 fully saturated rings. The summed E-state index contributed by atoms with van der Waals surface area (Å²) in [6.07, 6.45) is 7.68. The molecule has 0 radical (unpaired) electrons. The van der Waals surface area contributed by atoms with Crippen molar-refractivity contribution in [1.82, 2.24) is 0 Å². The Morgan fingerprint density at radius 3 is 0.900 bits per heavy atom. The Labute approximate surface area is 301 Å². The van der Waals surface area contributed by atoms with E-state index in [1.54, 1.807) is 0 Å². The summed E-state index contributed by atoms with van der Waals surface area (Å²) in [5.41, 5.74) is 41.0. The quantitative estimate of drug-likeness (QED) is 0.0453. The third-order valence-electron chi connectivity index (χ3n) is 6.61. The van der Waals surface area contributed by atoms with Crippen LogP contribution in [0.4, 0.5) is 0 Å². The summed E-state index contributed by atoms with van der Waals surface area (Å²) in [6.45, 7) is 17.4. The normalized spacial score (nSPS) is 10.0. The molecular weight excluding hydrogens is 640 g/mol. The van der Waals surface area contributed by atoms with Crippen LogP contribution in [-0.2, 0) is 19.2 Å². The minimum Gasteiger partial charge on any atom is -0.370 e. The number of carbonyl (C=O) groups excluding carboxylic acids is 4. The van der Waals surface area contributed by atoms with E-state index in [1.807, 2.05) is 55.4 Å². The summed E-state index contributed by atoms with van der Waals surface area (Å²) >= 11 is 0. The van der Waals surface area contributed by atoms with Crippen molar-refractivity contribution >= 4 is 47.0 Å². The lowest BCUT2D eigenvalue weighted by atomic mass is 10.0. The minimum atomic E-state index is 0.0431. The number of ketones is 4. The fourth-order valence-corrected chi connectivity index (χ4v) is 3.33. The van der Waals surface area contributed by atoms with E-state index in [0.717, 1.165) is 38.5 Å². The highest BCUT2D eigenvalue weighted by molar-refractivity contribution is 5.82. The second-order valence-electron chi connectivity index (χ2n) is 12.8. The van der Waals surface area contributed by atoms with Gasteiger partial charge in [0, 0.05) is 75.5 Å². The molecule has 0 aromatic rings. The highest BCUT2D eigenvalue weighted by atomic mass is 16.1. The maximum atomic E-state index is 11.2. The average Bonchev–Trinajstić information content (AvgIpc) is 3.00. The molecule has 0 rings (SSSR count). The Hall–Kier alpha value is -4.24. The predicted molar refractivity (Wildman–Crippen MR) is 208 cm³/mol. The third kappa shape index (κ3) is 45.9. The van der Waals surface area contributed by atoms with Crippen molar-refractivity contribution in [2.45, 2.75) is 120 Å². The lowest BCUT2D eigenvalue weighted by molar-refractivity contribution is -0.122. The fraction of sp³-hybridized carbons (Fsp3) is 0.765. The molecule has 0 spiro atoms. The van der Waals surface area contributed by atoms with Gasteiger partial charge < -0.3 is 45.9 Å². The first-order valence-corrected chi connectivity index (χ1v) is 17.5. The molecule has 0 heterocycles. The summed E-state index contributed by atoms with van der Waals surface area (Å²) in [5, 5.41) is 0. The first-order chi connectivity index (χ1) is 23.1. The SMILES string of the molecule is CC(C)C(=O)CCCCCN=C(N)N.CC(C)C(=O)CCCCN=C(N)N.CC(C)C(=O)CCCN=C(N)N.CC(C)C(=O)CCN=C(N)N. The molecule has 16 nitrogen and oxygen atoms in total. The minimum absolute atomic E-state index is 0.0431. The van der Waals surface area contributed by atoms with Gasteiger partial charge in [-0.1, -0.05) is 61.8 Å². The van der Waals surface area contributed by atoms with Gasteiger partial charge in [0.2, 0.25) is 0 Å². The van der Waals surface area contributed by atoms with Crippen LogP contribution in [0, 0.1) is 23.7 Å². The number of hydrogen-bond donors (Lipinski definition) is 8. The van der Waals surface area contributed by atoms with E-state index in [2.05, 4.69) is 20.0 Å². The van der Waals surface area contributed by atoms with E-state index in [4.69, 9.17) is 45.9 Å². The lowest BCUT2D eigenvalue weighted by Gasteiger charge is -2.02. The van der Waals surface area contributed by atoms with Gasteiger partial charge in [0.1, 0.15) is 23.1 Å². The van der Waals surface area contributed by atoms with Crippen LogP contribution in [-0.4, -0.2) is 73.2 Å². The third-order valence-corrected chi connectivity index (χ3v) is 6.61. The molecule has 0 aromatic carbocycles. The van der Waals surface area contributed by atoms with Crippen LogP contribution in [0.2, 0.25) is 0 Å². The number of aliphatic imine (C=N–C) groups is 4. The molecule has 0 unspecified atom stereocenters. The molecule has 0 aliphatic rings. The molecule has 0 aromatic heterocycles. The Bertz CT molecular complexity index is 1040. The number of nitrogens with zero attached hydrogens (tertiary/aromatic N) is 4. The number of carbonyl (C=O) groups is 4. The van der Waals surface area contributed by atoms with Gasteiger partial charge in [0.25, 0.3) is 0 Å². The van der Waals surface area contributed by atoms with Crippen LogP contribution in [0.3, 0.4) is 0 Å². The smallest absolute Gasteiger partial charge is 0.185 e. The molecular formula is C34H72N12O4. The van der Waals surface area contributed by atoms with Gasteiger partial charge in [-0.25, -0.2) is 0 Å².